The molecule has 3 rings (SSSR count). The molecule has 5 nitrogen and oxygen atoms in total. The fourth-order valence-corrected chi connectivity index (χ4v) is 3.94. The zero-order valence-corrected chi connectivity index (χ0v) is 15.0. The van der Waals surface area contributed by atoms with Gasteiger partial charge in [-0.2, -0.15) is 0 Å². The molecule has 2 fully saturated rings. The van der Waals surface area contributed by atoms with Gasteiger partial charge in [0.2, 0.25) is 5.91 Å². The maximum atomic E-state index is 12.9. The summed E-state index contributed by atoms with van der Waals surface area (Å²) in [4.78, 5) is 17.2. The number of hydrogen-bond donors (Lipinski definition) is 1. The Kier molecular flexibility index (Phi) is 5.41. The van der Waals surface area contributed by atoms with Gasteiger partial charge in [0, 0.05) is 31.7 Å². The molecule has 0 spiro atoms. The third kappa shape index (κ3) is 3.57. The average Bonchev–Trinajstić information content (AvgIpc) is 2.96. The number of anilines is 1. The molecule has 1 N–H and O–H groups in total. The minimum Gasteiger partial charge on any atom is -0.495 e. The van der Waals surface area contributed by atoms with Crippen LogP contribution < -0.4 is 15.0 Å². The van der Waals surface area contributed by atoms with E-state index in [1.165, 1.54) is 0 Å². The number of piperidine rings is 1. The van der Waals surface area contributed by atoms with Gasteiger partial charge >= 0.3 is 0 Å². The molecule has 0 aromatic heterocycles. The second-order valence-corrected chi connectivity index (χ2v) is 7.10. The number of ether oxygens (including phenoxy) is 1. The number of hydrogen-bond acceptors (Lipinski definition) is 4. The van der Waals surface area contributed by atoms with Gasteiger partial charge in [-0.1, -0.05) is 26.0 Å². The van der Waals surface area contributed by atoms with E-state index in [4.69, 9.17) is 4.74 Å². The molecule has 2 aliphatic rings. The van der Waals surface area contributed by atoms with Crippen molar-refractivity contribution in [1.82, 2.24) is 10.2 Å². The molecular weight excluding hydrogens is 302 g/mol. The normalized spacial score (nSPS) is 23.2. The molecule has 1 amide bonds. The standard InChI is InChI=1S/C19H29N3O2/c1-14(2)20-15-8-11-21(12-9-15)17-10-13-22(19(17)23)16-6-4-5-7-18(16)24-3/h4-7,14-15,17,20H,8-13H2,1-3H3. The first-order valence-electron chi connectivity index (χ1n) is 9.04. The topological polar surface area (TPSA) is 44.8 Å². The minimum atomic E-state index is 0.0231. The van der Waals surface area contributed by atoms with Crippen molar-refractivity contribution in [2.75, 3.05) is 31.6 Å². The summed E-state index contributed by atoms with van der Waals surface area (Å²) in [5, 5.41) is 3.62. The smallest absolute Gasteiger partial charge is 0.244 e. The van der Waals surface area contributed by atoms with Crippen molar-refractivity contribution >= 4 is 11.6 Å². The van der Waals surface area contributed by atoms with Crippen molar-refractivity contribution in [3.05, 3.63) is 24.3 Å². The summed E-state index contributed by atoms with van der Waals surface area (Å²) in [5.74, 6) is 0.987. The molecule has 132 valence electrons. The molecule has 2 heterocycles. The Labute approximate surface area is 145 Å². The summed E-state index contributed by atoms with van der Waals surface area (Å²) in [6, 6.07) is 8.92. The van der Waals surface area contributed by atoms with Crippen molar-refractivity contribution in [2.24, 2.45) is 0 Å². The summed E-state index contributed by atoms with van der Waals surface area (Å²) in [6.45, 7) is 7.16. The van der Waals surface area contributed by atoms with Crippen molar-refractivity contribution in [3.8, 4) is 5.75 Å². The van der Waals surface area contributed by atoms with Crippen LogP contribution in [-0.2, 0) is 4.79 Å². The van der Waals surface area contributed by atoms with Gasteiger partial charge in [-0.15, -0.1) is 0 Å². The Bertz CT molecular complexity index is 567. The first-order chi connectivity index (χ1) is 11.6. The highest BCUT2D eigenvalue weighted by Gasteiger charge is 2.38. The predicted octanol–water partition coefficient (Wildman–Crippen LogP) is 2.26. The van der Waals surface area contributed by atoms with Gasteiger partial charge in [0.25, 0.3) is 0 Å². The van der Waals surface area contributed by atoms with Gasteiger partial charge < -0.3 is 15.0 Å². The quantitative estimate of drug-likeness (QED) is 0.899. The lowest BCUT2D eigenvalue weighted by molar-refractivity contribution is -0.122. The number of carbonyl (C=O) groups is 1. The molecule has 24 heavy (non-hydrogen) atoms. The summed E-state index contributed by atoms with van der Waals surface area (Å²) in [7, 11) is 1.66. The first-order valence-corrected chi connectivity index (χ1v) is 9.04. The van der Waals surface area contributed by atoms with Crippen LogP contribution in [-0.4, -0.2) is 55.7 Å². The Morgan fingerprint density at radius 3 is 2.50 bits per heavy atom. The number of benzene rings is 1. The summed E-state index contributed by atoms with van der Waals surface area (Å²) in [5.41, 5.74) is 0.892. The molecule has 2 aliphatic heterocycles. The molecule has 1 aromatic carbocycles. The van der Waals surface area contributed by atoms with E-state index in [2.05, 4.69) is 24.1 Å². The van der Waals surface area contributed by atoms with Gasteiger partial charge in [-0.05, 0) is 31.4 Å². The first kappa shape index (κ1) is 17.2. The SMILES string of the molecule is COc1ccccc1N1CCC(N2CCC(NC(C)C)CC2)C1=O. The number of carbonyl (C=O) groups excluding carboxylic acids is 1. The van der Waals surface area contributed by atoms with Crippen LogP contribution in [0.15, 0.2) is 24.3 Å². The Balaban J connectivity index is 1.63. The lowest BCUT2D eigenvalue weighted by atomic mass is 10.0. The number of methoxy groups -OCH3 is 1. The highest BCUT2D eigenvalue weighted by Crippen LogP contribution is 2.32. The highest BCUT2D eigenvalue weighted by molar-refractivity contribution is 6.00. The van der Waals surface area contributed by atoms with Crippen LogP contribution in [0.3, 0.4) is 0 Å². The number of rotatable bonds is 5. The zero-order chi connectivity index (χ0) is 17.1. The van der Waals surface area contributed by atoms with Crippen molar-refractivity contribution in [3.63, 3.8) is 0 Å². The lowest BCUT2D eigenvalue weighted by Crippen LogP contribution is -2.50. The molecule has 0 aliphatic carbocycles. The largest absolute Gasteiger partial charge is 0.495 e. The lowest BCUT2D eigenvalue weighted by Gasteiger charge is -2.36. The molecule has 0 bridgehead atoms. The van der Waals surface area contributed by atoms with Crippen LogP contribution in [0.5, 0.6) is 5.75 Å². The molecule has 0 radical (unpaired) electrons. The monoisotopic (exact) mass is 331 g/mol. The zero-order valence-electron chi connectivity index (χ0n) is 15.0. The molecule has 1 atom stereocenters. The average molecular weight is 331 g/mol. The van der Waals surface area contributed by atoms with Gasteiger partial charge in [0.1, 0.15) is 5.75 Å². The molecule has 1 unspecified atom stereocenters. The summed E-state index contributed by atoms with van der Waals surface area (Å²) >= 11 is 0. The van der Waals surface area contributed by atoms with E-state index in [-0.39, 0.29) is 11.9 Å². The Morgan fingerprint density at radius 1 is 1.12 bits per heavy atom. The van der Waals surface area contributed by atoms with Crippen LogP contribution in [0.4, 0.5) is 5.69 Å². The molecule has 0 saturated carbocycles. The number of para-hydroxylation sites is 2. The minimum absolute atomic E-state index is 0.0231. The van der Waals surface area contributed by atoms with Crippen molar-refractivity contribution < 1.29 is 9.53 Å². The van der Waals surface area contributed by atoms with E-state index in [0.29, 0.717) is 12.1 Å². The van der Waals surface area contributed by atoms with Crippen molar-refractivity contribution in [1.29, 1.82) is 0 Å². The maximum absolute atomic E-state index is 12.9. The van der Waals surface area contributed by atoms with E-state index >= 15 is 0 Å². The number of nitrogens with zero attached hydrogens (tertiary/aromatic N) is 2. The second kappa shape index (κ2) is 7.53. The fraction of sp³-hybridized carbons (Fsp3) is 0.632. The van der Waals surface area contributed by atoms with Crippen LogP contribution in [0.1, 0.15) is 33.1 Å². The number of nitrogens with one attached hydrogen (secondary N) is 1. The van der Waals surface area contributed by atoms with Crippen LogP contribution >= 0.6 is 0 Å². The number of likely N-dealkylation sites (tertiary alicyclic amines) is 1. The summed E-state index contributed by atoms with van der Waals surface area (Å²) < 4.78 is 5.42. The van der Waals surface area contributed by atoms with E-state index in [1.807, 2.05) is 29.2 Å². The van der Waals surface area contributed by atoms with Crippen LogP contribution in [0.25, 0.3) is 0 Å². The fourth-order valence-electron chi connectivity index (χ4n) is 3.94. The summed E-state index contributed by atoms with van der Waals surface area (Å²) in [6.07, 6.45) is 3.15. The van der Waals surface area contributed by atoms with Gasteiger partial charge in [0.05, 0.1) is 18.8 Å². The van der Waals surface area contributed by atoms with Gasteiger partial charge in [-0.25, -0.2) is 0 Å². The molecule has 5 heteroatoms. The third-order valence-corrected chi connectivity index (χ3v) is 5.09. The Morgan fingerprint density at radius 2 is 1.83 bits per heavy atom. The molecule has 1 aromatic rings. The Hall–Kier alpha value is -1.59. The third-order valence-electron chi connectivity index (χ3n) is 5.09. The molecule has 2 saturated heterocycles. The van der Waals surface area contributed by atoms with E-state index in [0.717, 1.165) is 50.3 Å². The van der Waals surface area contributed by atoms with Gasteiger partial charge in [0.15, 0.2) is 0 Å². The highest BCUT2D eigenvalue weighted by atomic mass is 16.5. The predicted molar refractivity (Wildman–Crippen MR) is 96.6 cm³/mol. The second-order valence-electron chi connectivity index (χ2n) is 7.10. The van der Waals surface area contributed by atoms with E-state index in [9.17, 15) is 4.79 Å². The van der Waals surface area contributed by atoms with Gasteiger partial charge in [-0.3, -0.25) is 9.69 Å². The van der Waals surface area contributed by atoms with Crippen LogP contribution in [0, 0.1) is 0 Å². The van der Waals surface area contributed by atoms with E-state index in [1.54, 1.807) is 7.11 Å². The maximum Gasteiger partial charge on any atom is 0.244 e. The number of amides is 1. The van der Waals surface area contributed by atoms with Crippen LogP contribution in [0.2, 0.25) is 0 Å². The van der Waals surface area contributed by atoms with Crippen molar-refractivity contribution in [2.45, 2.75) is 51.2 Å². The molecular formula is C19H29N3O2. The van der Waals surface area contributed by atoms with E-state index < -0.39 is 0 Å².